The monoisotopic (exact) mass is 423 g/mol. The molecule has 2 N–H and O–H groups in total. The number of H-pyrrole nitrogens is 1. The molecule has 0 saturated heterocycles. The first kappa shape index (κ1) is 20.6. The Morgan fingerprint density at radius 2 is 1.77 bits per heavy atom. The van der Waals surface area contributed by atoms with E-state index in [0.717, 1.165) is 0 Å². The van der Waals surface area contributed by atoms with Gasteiger partial charge in [-0.3, -0.25) is 4.98 Å². The second-order valence-electron chi connectivity index (χ2n) is 5.64. The number of aromatic nitrogens is 3. The number of aromatic amines is 1. The van der Waals surface area contributed by atoms with Crippen LogP contribution in [-0.4, -0.2) is 39.5 Å². The fraction of sp³-hybridized carbons (Fsp3) is 0.111. The van der Waals surface area contributed by atoms with Gasteiger partial charge in [0.25, 0.3) is 5.89 Å². The second kappa shape index (κ2) is 8.11. The number of fused-ring (bicyclic) bond motifs is 1. The summed E-state index contributed by atoms with van der Waals surface area (Å²) >= 11 is 0. The Hall–Kier alpha value is -4.09. The molecular formula is C18H12F3N3O6. The lowest BCUT2D eigenvalue weighted by Crippen LogP contribution is -2.21. The largest absolute Gasteiger partial charge is 0.496 e. The summed E-state index contributed by atoms with van der Waals surface area (Å²) in [6.45, 7) is 0. The van der Waals surface area contributed by atoms with Gasteiger partial charge in [-0.15, -0.1) is 10.2 Å². The summed E-state index contributed by atoms with van der Waals surface area (Å²) in [7, 11) is 1.58. The molecule has 0 atom stereocenters. The number of halogens is 3. The summed E-state index contributed by atoms with van der Waals surface area (Å²) in [6, 6.07) is 12.6. The van der Waals surface area contributed by atoms with Gasteiger partial charge in [-0.05, 0) is 30.3 Å². The van der Waals surface area contributed by atoms with Gasteiger partial charge in [0.1, 0.15) is 5.75 Å². The highest BCUT2D eigenvalue weighted by atomic mass is 19.4. The van der Waals surface area contributed by atoms with Gasteiger partial charge < -0.3 is 18.7 Å². The smallest absolute Gasteiger partial charge is 0.490 e. The number of hydrogen-bond acceptors (Lipinski definition) is 7. The molecule has 30 heavy (non-hydrogen) atoms. The van der Waals surface area contributed by atoms with Gasteiger partial charge in [0.05, 0.1) is 18.2 Å². The maximum absolute atomic E-state index is 11.2. The lowest BCUT2D eigenvalue weighted by Gasteiger charge is -2.03. The van der Waals surface area contributed by atoms with E-state index in [4.69, 9.17) is 23.5 Å². The molecule has 4 aromatic rings. The number of para-hydroxylation sites is 1. The van der Waals surface area contributed by atoms with E-state index < -0.39 is 17.9 Å². The average molecular weight is 423 g/mol. The summed E-state index contributed by atoms with van der Waals surface area (Å²) < 4.78 is 47.8. The Bertz CT molecular complexity index is 1240. The number of nitrogens with one attached hydrogen (secondary N) is 1. The van der Waals surface area contributed by atoms with Crippen molar-refractivity contribution in [2.45, 2.75) is 6.18 Å². The molecule has 12 heteroatoms. The molecule has 0 aliphatic carbocycles. The van der Waals surface area contributed by atoms with E-state index in [1.165, 1.54) is 0 Å². The fourth-order valence-electron chi connectivity index (χ4n) is 2.35. The second-order valence-corrected chi connectivity index (χ2v) is 5.64. The Kier molecular flexibility index (Phi) is 5.58. The molecule has 9 nitrogen and oxygen atoms in total. The van der Waals surface area contributed by atoms with Gasteiger partial charge in [-0.2, -0.15) is 13.2 Å². The molecule has 0 bridgehead atoms. The van der Waals surface area contributed by atoms with Crippen molar-refractivity contribution in [3.05, 3.63) is 53.0 Å². The van der Waals surface area contributed by atoms with E-state index >= 15 is 0 Å². The molecule has 2 heterocycles. The van der Waals surface area contributed by atoms with Crippen molar-refractivity contribution in [2.24, 2.45) is 0 Å². The van der Waals surface area contributed by atoms with Crippen LogP contribution in [0.15, 0.2) is 56.1 Å². The van der Waals surface area contributed by atoms with Crippen molar-refractivity contribution in [2.75, 3.05) is 7.11 Å². The summed E-state index contributed by atoms with van der Waals surface area (Å²) in [6.07, 6.45) is -5.08. The highest BCUT2D eigenvalue weighted by Gasteiger charge is 2.38. The van der Waals surface area contributed by atoms with E-state index in [2.05, 4.69) is 15.2 Å². The van der Waals surface area contributed by atoms with Gasteiger partial charge >= 0.3 is 17.9 Å². The van der Waals surface area contributed by atoms with Gasteiger partial charge in [-0.25, -0.2) is 9.59 Å². The van der Waals surface area contributed by atoms with Crippen LogP contribution in [-0.2, 0) is 4.79 Å². The van der Waals surface area contributed by atoms with Crippen LogP contribution in [0.25, 0.3) is 34.0 Å². The number of hydrogen-bond donors (Lipinski definition) is 2. The maximum Gasteiger partial charge on any atom is 0.490 e. The molecule has 0 radical (unpaired) electrons. The van der Waals surface area contributed by atoms with Gasteiger partial charge in [0, 0.05) is 5.56 Å². The van der Waals surface area contributed by atoms with Crippen molar-refractivity contribution < 1.29 is 36.6 Å². The highest BCUT2D eigenvalue weighted by molar-refractivity contribution is 5.78. The first-order valence-electron chi connectivity index (χ1n) is 8.09. The third kappa shape index (κ3) is 4.48. The molecule has 2 aromatic heterocycles. The molecule has 0 aliphatic rings. The molecule has 0 aliphatic heterocycles. The Balaban J connectivity index is 0.000000318. The van der Waals surface area contributed by atoms with Crippen molar-refractivity contribution in [1.29, 1.82) is 0 Å². The molecule has 0 amide bonds. The molecule has 0 unspecified atom stereocenters. The fourth-order valence-corrected chi connectivity index (χ4v) is 2.35. The number of ether oxygens (including phenoxy) is 1. The normalized spacial score (nSPS) is 11.1. The minimum absolute atomic E-state index is 0.330. The van der Waals surface area contributed by atoms with Crippen molar-refractivity contribution in [1.82, 2.24) is 15.2 Å². The van der Waals surface area contributed by atoms with Crippen LogP contribution in [0.1, 0.15) is 0 Å². The first-order valence-corrected chi connectivity index (χ1v) is 8.09. The quantitative estimate of drug-likeness (QED) is 0.512. The van der Waals surface area contributed by atoms with Crippen molar-refractivity contribution in [3.63, 3.8) is 0 Å². The average Bonchev–Trinajstić information content (AvgIpc) is 3.32. The van der Waals surface area contributed by atoms with E-state index in [1.54, 1.807) is 25.3 Å². The number of carboxylic acids is 1. The van der Waals surface area contributed by atoms with E-state index in [1.807, 2.05) is 24.3 Å². The zero-order chi connectivity index (χ0) is 21.9. The predicted molar refractivity (Wildman–Crippen MR) is 95.8 cm³/mol. The molecule has 0 fully saturated rings. The predicted octanol–water partition coefficient (Wildman–Crippen LogP) is 3.48. The molecule has 0 saturated carbocycles. The van der Waals surface area contributed by atoms with Crippen molar-refractivity contribution >= 4 is 17.1 Å². The lowest BCUT2D eigenvalue weighted by molar-refractivity contribution is -0.192. The Morgan fingerprint density at radius 1 is 1.10 bits per heavy atom. The van der Waals surface area contributed by atoms with Crippen LogP contribution >= 0.6 is 0 Å². The summed E-state index contributed by atoms with van der Waals surface area (Å²) in [4.78, 5) is 22.7. The first-order chi connectivity index (χ1) is 14.2. The van der Waals surface area contributed by atoms with Crippen LogP contribution in [0.5, 0.6) is 5.75 Å². The van der Waals surface area contributed by atoms with Gasteiger partial charge in [0.15, 0.2) is 5.58 Å². The third-order valence-corrected chi connectivity index (χ3v) is 3.67. The lowest BCUT2D eigenvalue weighted by atomic mass is 10.2. The van der Waals surface area contributed by atoms with E-state index in [9.17, 15) is 18.0 Å². The number of alkyl halides is 3. The van der Waals surface area contributed by atoms with Crippen molar-refractivity contribution in [3.8, 4) is 28.7 Å². The maximum atomic E-state index is 11.2. The van der Waals surface area contributed by atoms with Crippen LogP contribution in [0.2, 0.25) is 0 Å². The molecular weight excluding hydrogens is 411 g/mol. The zero-order valence-corrected chi connectivity index (χ0v) is 15.1. The van der Waals surface area contributed by atoms with E-state index in [0.29, 0.717) is 39.8 Å². The number of benzene rings is 2. The SMILES string of the molecule is COc1ccccc1-c1nnc(-c2ccc3[nH]c(=O)oc3c2)o1.O=C(O)C(F)(F)F. The number of rotatable bonds is 3. The standard InChI is InChI=1S/C16H11N3O4.C2HF3O2/c1-21-12-5-3-2-4-10(12)15-19-18-14(23-15)9-6-7-11-13(8-9)22-16(20)17-11;3-2(4,5)1(6)7/h2-8H,1H3,(H,17,20);(H,6,7). The summed E-state index contributed by atoms with van der Waals surface area (Å²) in [5, 5.41) is 15.2. The van der Waals surface area contributed by atoms with Crippen LogP contribution < -0.4 is 10.5 Å². The highest BCUT2D eigenvalue weighted by Crippen LogP contribution is 2.31. The summed E-state index contributed by atoms with van der Waals surface area (Å²) in [5.74, 6) is -1.93. The molecule has 0 spiro atoms. The summed E-state index contributed by atoms with van der Waals surface area (Å²) in [5.41, 5.74) is 2.42. The molecule has 156 valence electrons. The van der Waals surface area contributed by atoms with Crippen LogP contribution in [0, 0.1) is 0 Å². The minimum Gasteiger partial charge on any atom is -0.496 e. The number of aliphatic carboxylic acids is 1. The van der Waals surface area contributed by atoms with Crippen LogP contribution in [0.4, 0.5) is 13.2 Å². The Labute approximate surface area is 164 Å². The van der Waals surface area contributed by atoms with Gasteiger partial charge in [0.2, 0.25) is 5.89 Å². The molecule has 4 rings (SSSR count). The van der Waals surface area contributed by atoms with Crippen LogP contribution in [0.3, 0.4) is 0 Å². The van der Waals surface area contributed by atoms with Gasteiger partial charge in [-0.1, -0.05) is 12.1 Å². The number of nitrogens with zero attached hydrogens (tertiary/aromatic N) is 2. The number of carbonyl (C=O) groups is 1. The number of carboxylic acid groups (broad SMARTS) is 1. The zero-order valence-electron chi connectivity index (χ0n) is 15.1. The Morgan fingerprint density at radius 3 is 2.43 bits per heavy atom. The number of oxazole rings is 1. The minimum atomic E-state index is -5.08. The number of methoxy groups -OCH3 is 1. The van der Waals surface area contributed by atoms with E-state index in [-0.39, 0.29) is 0 Å². The molecule has 2 aromatic carbocycles. The topological polar surface area (TPSA) is 131 Å². The third-order valence-electron chi connectivity index (χ3n) is 3.67.